The zero-order chi connectivity index (χ0) is 41.1. The van der Waals surface area contributed by atoms with Crippen LogP contribution in [0.4, 0.5) is 30.7 Å². The number of aryl methyl sites for hydroxylation is 1. The van der Waals surface area contributed by atoms with Gasteiger partial charge in [0.05, 0.1) is 29.0 Å². The van der Waals surface area contributed by atoms with E-state index in [2.05, 4.69) is 19.9 Å². The smallest absolute Gasteiger partial charge is 0.449 e. The number of alkyl halides is 6. The Labute approximate surface area is 328 Å². The molecule has 2 aromatic heterocycles. The minimum atomic E-state index is -5.39. The molecule has 0 bridgehead atoms. The monoisotopic (exact) mass is 846 g/mol. The summed E-state index contributed by atoms with van der Waals surface area (Å²) in [7, 11) is 0. The molecule has 308 valence electrons. The Kier molecular flexibility index (Phi) is 12.8. The molecular weight excluding hydrogens is 810 g/mol. The summed E-state index contributed by atoms with van der Waals surface area (Å²) < 4.78 is 108. The van der Waals surface area contributed by atoms with Crippen LogP contribution in [-0.4, -0.2) is 96.5 Å². The van der Waals surface area contributed by atoms with Crippen molar-refractivity contribution in [3.05, 3.63) is 84.4 Å². The van der Waals surface area contributed by atoms with Gasteiger partial charge in [0.25, 0.3) is 5.91 Å². The summed E-state index contributed by atoms with van der Waals surface area (Å²) in [5.41, 5.74) is 0.760. The van der Waals surface area contributed by atoms with Crippen LogP contribution in [0.2, 0.25) is 0 Å². The number of halogens is 7. The summed E-state index contributed by atoms with van der Waals surface area (Å²) >= 11 is 1.97. The number of aromatic amines is 1. The van der Waals surface area contributed by atoms with E-state index >= 15 is 4.39 Å². The molecule has 0 unspecified atom stereocenters. The zero-order valence-electron chi connectivity index (χ0n) is 30.3. The molecule has 11 nitrogen and oxygen atoms in total. The van der Waals surface area contributed by atoms with Gasteiger partial charge in [-0.25, -0.2) is 14.0 Å². The largest absolute Gasteiger partial charge is 0.491 e. The number of amides is 1. The summed E-state index contributed by atoms with van der Waals surface area (Å²) in [5, 5.41) is 4.78. The van der Waals surface area contributed by atoms with Crippen LogP contribution in [0.3, 0.4) is 0 Å². The normalized spacial score (nSPS) is 16.9. The van der Waals surface area contributed by atoms with E-state index in [4.69, 9.17) is 9.47 Å². The number of benzene rings is 2. The fourth-order valence-electron chi connectivity index (χ4n) is 6.85. The number of carbonyl (C=O) groups excluding carboxylic acids is 3. The van der Waals surface area contributed by atoms with E-state index in [0.29, 0.717) is 80.2 Å². The van der Waals surface area contributed by atoms with Crippen LogP contribution in [0.1, 0.15) is 57.8 Å². The number of piperidine rings is 1. The lowest BCUT2D eigenvalue weighted by Gasteiger charge is -2.47. The van der Waals surface area contributed by atoms with Gasteiger partial charge in [0.15, 0.2) is 5.75 Å². The number of H-pyrrole nitrogens is 1. The second-order valence-corrected chi connectivity index (χ2v) is 15.7. The Morgan fingerprint density at radius 3 is 2.44 bits per heavy atom. The van der Waals surface area contributed by atoms with Crippen LogP contribution >= 0.6 is 22.7 Å². The fourth-order valence-corrected chi connectivity index (χ4v) is 8.57. The summed E-state index contributed by atoms with van der Waals surface area (Å²) in [5.74, 6) is -6.27. The lowest BCUT2D eigenvalue weighted by atomic mass is 9.89. The third-order valence-corrected chi connectivity index (χ3v) is 11.8. The maximum absolute atomic E-state index is 15.0. The number of fused-ring (bicyclic) bond motifs is 1. The third-order valence-electron chi connectivity index (χ3n) is 9.81. The van der Waals surface area contributed by atoms with Crippen molar-refractivity contribution in [3.8, 4) is 5.75 Å². The van der Waals surface area contributed by atoms with E-state index in [1.807, 2.05) is 23.3 Å². The van der Waals surface area contributed by atoms with E-state index in [1.165, 1.54) is 6.07 Å². The van der Waals surface area contributed by atoms with Gasteiger partial charge in [-0.2, -0.15) is 26.3 Å². The Hall–Kier alpha value is -4.37. The van der Waals surface area contributed by atoms with E-state index < -0.39 is 64.5 Å². The van der Waals surface area contributed by atoms with Gasteiger partial charge >= 0.3 is 29.2 Å². The number of thiophene rings is 1. The van der Waals surface area contributed by atoms with Crippen LogP contribution in [0, 0.1) is 5.82 Å². The topological polar surface area (TPSA) is 130 Å². The molecule has 2 aromatic carbocycles. The Bertz CT molecular complexity index is 2160. The van der Waals surface area contributed by atoms with Crippen molar-refractivity contribution in [2.24, 2.45) is 0 Å². The molecule has 6 rings (SSSR count). The fraction of sp³-hybridized carbons (Fsp3) is 0.459. The number of nitrogens with one attached hydrogen (secondary N) is 2. The highest BCUT2D eigenvalue weighted by Crippen LogP contribution is 2.36. The van der Waals surface area contributed by atoms with Gasteiger partial charge in [0.1, 0.15) is 17.4 Å². The van der Waals surface area contributed by atoms with Crippen molar-refractivity contribution in [1.29, 1.82) is 0 Å². The van der Waals surface area contributed by atoms with Gasteiger partial charge in [0.2, 0.25) is 0 Å². The van der Waals surface area contributed by atoms with Crippen LogP contribution in [-0.2, 0) is 38.4 Å². The number of morpholine rings is 1. The minimum absolute atomic E-state index is 0.00983. The van der Waals surface area contributed by atoms with Crippen LogP contribution in [0.15, 0.2) is 46.6 Å². The molecule has 20 heteroatoms. The molecule has 2 fully saturated rings. The highest BCUT2D eigenvalue weighted by Gasteiger charge is 2.44. The number of rotatable bonds is 12. The van der Waals surface area contributed by atoms with Gasteiger partial charge in [-0.15, -0.1) is 11.3 Å². The van der Waals surface area contributed by atoms with Crippen LogP contribution in [0.25, 0.3) is 10.2 Å². The van der Waals surface area contributed by atoms with Crippen LogP contribution < -0.4 is 14.9 Å². The van der Waals surface area contributed by atoms with Gasteiger partial charge in [0, 0.05) is 54.1 Å². The molecule has 1 spiro atoms. The first-order valence-corrected chi connectivity index (χ1v) is 19.6. The molecule has 2 saturated heterocycles. The predicted octanol–water partition coefficient (Wildman–Crippen LogP) is 6.31. The predicted molar refractivity (Wildman–Crippen MR) is 195 cm³/mol. The molecule has 2 aliphatic rings. The maximum Gasteiger partial charge on any atom is 0.491 e. The molecule has 2 aliphatic heterocycles. The lowest BCUT2D eigenvalue weighted by Crippen LogP contribution is -2.57. The first-order chi connectivity index (χ1) is 26.9. The number of likely N-dealkylation sites (tertiary alicyclic amines) is 1. The number of esters is 2. The van der Waals surface area contributed by atoms with Crippen LogP contribution in [0.5, 0.6) is 5.75 Å². The summed E-state index contributed by atoms with van der Waals surface area (Å²) in [6.45, 7) is 4.67. The van der Waals surface area contributed by atoms with Gasteiger partial charge in [-0.05, 0) is 62.1 Å². The van der Waals surface area contributed by atoms with E-state index in [1.54, 1.807) is 23.5 Å². The minimum Gasteiger partial charge on any atom is -0.449 e. The zero-order valence-corrected chi connectivity index (χ0v) is 32.0. The number of hydrogen-bond donors (Lipinski definition) is 2. The first kappa shape index (κ1) is 42.2. The Balaban J connectivity index is 1.07. The highest BCUT2D eigenvalue weighted by molar-refractivity contribution is 7.16. The van der Waals surface area contributed by atoms with Crippen molar-refractivity contribution in [3.63, 3.8) is 0 Å². The number of ether oxygens (including phenoxy) is 3. The van der Waals surface area contributed by atoms with Crippen molar-refractivity contribution in [1.82, 2.24) is 20.1 Å². The molecule has 57 heavy (non-hydrogen) atoms. The van der Waals surface area contributed by atoms with Gasteiger partial charge in [-0.3, -0.25) is 14.5 Å². The standard InChI is InChI=1S/C37H37F7N4O7S2/c1-2-24-16-23(19-56-24)31(49)48-13-14-53-35(20-48)8-11-47(12-9-35)18-22-15-21(3-5-26(22)38)7-10-45-17-28(55-33(51)37(42,43)44)25-4-6-27(54-32(50)36(39,40)41)29-30(25)57-34(52)46-29/h3-6,15-16,19,28,45H,2,7-14,17-18,20H2,1H3,(H,46,52)/t28-/m0/s1. The molecule has 4 aromatic rings. The SMILES string of the molecule is CCc1cc(C(=O)N2CCOC3(CCN(Cc4cc(CCNC[C@H](OC(=O)C(F)(F)F)c5ccc(OC(=O)C(F)(F)F)c6[nH]c(=O)sc56)ccc4F)CC3)C2)cs1. The Morgan fingerprint density at radius 2 is 1.75 bits per heavy atom. The number of aromatic nitrogens is 1. The van der Waals surface area contributed by atoms with E-state index in [9.17, 15) is 45.5 Å². The van der Waals surface area contributed by atoms with Crippen molar-refractivity contribution in [2.45, 2.75) is 63.2 Å². The van der Waals surface area contributed by atoms with E-state index in [0.717, 1.165) is 23.4 Å². The quantitative estimate of drug-likeness (QED) is 0.0730. The molecule has 4 heterocycles. The maximum atomic E-state index is 15.0. The molecule has 0 radical (unpaired) electrons. The molecular formula is C37H37F7N4O7S2. The molecule has 0 aliphatic carbocycles. The van der Waals surface area contributed by atoms with Crippen molar-refractivity contribution < 1.29 is 59.3 Å². The molecule has 0 saturated carbocycles. The number of nitrogens with zero attached hydrogens (tertiary/aromatic N) is 2. The number of hydrogen-bond acceptors (Lipinski definition) is 11. The van der Waals surface area contributed by atoms with Crippen molar-refractivity contribution >= 4 is 50.7 Å². The summed E-state index contributed by atoms with van der Waals surface area (Å²) in [6, 6.07) is 8.35. The van der Waals surface area contributed by atoms with Crippen molar-refractivity contribution in [2.75, 3.05) is 45.9 Å². The molecule has 1 atom stereocenters. The average Bonchev–Trinajstić information content (AvgIpc) is 3.81. The van der Waals surface area contributed by atoms with E-state index in [-0.39, 0.29) is 29.1 Å². The summed E-state index contributed by atoms with van der Waals surface area (Å²) in [4.78, 5) is 55.2. The molecule has 1 amide bonds. The number of thiazole rings is 1. The van der Waals surface area contributed by atoms with Gasteiger partial charge < -0.3 is 29.4 Å². The lowest BCUT2D eigenvalue weighted by molar-refractivity contribution is -0.205. The Morgan fingerprint density at radius 1 is 1.02 bits per heavy atom. The average molecular weight is 847 g/mol. The second kappa shape index (κ2) is 17.2. The second-order valence-electron chi connectivity index (χ2n) is 13.7. The summed E-state index contributed by atoms with van der Waals surface area (Å²) in [6.07, 6.45) is -10.0. The third kappa shape index (κ3) is 10.2. The number of carbonyl (C=O) groups is 3. The first-order valence-electron chi connectivity index (χ1n) is 17.9. The highest BCUT2D eigenvalue weighted by atomic mass is 32.1. The van der Waals surface area contributed by atoms with Gasteiger partial charge in [-0.1, -0.05) is 30.4 Å². The molecule has 2 N–H and O–H groups in total.